The molecular weight excluding hydrogens is 382 g/mol. The van der Waals surface area contributed by atoms with Gasteiger partial charge in [-0.2, -0.15) is 5.10 Å². The first-order valence-corrected chi connectivity index (χ1v) is 12.9. The molecule has 0 saturated heterocycles. The monoisotopic (exact) mass is 411 g/mol. The second-order valence-electron chi connectivity index (χ2n) is 9.25. The minimum Gasteiger partial charge on any atom is -0.414 e. The van der Waals surface area contributed by atoms with E-state index < -0.39 is 8.32 Å². The molecule has 154 valence electrons. The molecule has 0 bridgehead atoms. The molecule has 3 N–H and O–H groups in total. The van der Waals surface area contributed by atoms with Crippen molar-refractivity contribution in [1.82, 2.24) is 25.1 Å². The Hall–Kier alpha value is -2.52. The summed E-state index contributed by atoms with van der Waals surface area (Å²) in [5, 5.41) is 14.9. The van der Waals surface area contributed by atoms with E-state index in [0.717, 1.165) is 29.6 Å². The van der Waals surface area contributed by atoms with Crippen molar-refractivity contribution < 1.29 is 4.43 Å². The highest BCUT2D eigenvalue weighted by molar-refractivity contribution is 6.74. The van der Waals surface area contributed by atoms with Gasteiger partial charge < -0.3 is 15.1 Å². The molecule has 0 aromatic carbocycles. The summed E-state index contributed by atoms with van der Waals surface area (Å²) in [4.78, 5) is 13.0. The van der Waals surface area contributed by atoms with Crippen molar-refractivity contribution in [2.45, 2.75) is 63.9 Å². The minimum absolute atomic E-state index is 0.242. The molecule has 0 spiro atoms. The summed E-state index contributed by atoms with van der Waals surface area (Å²) in [6.45, 7) is 11.5. The van der Waals surface area contributed by atoms with Gasteiger partial charge in [0.15, 0.2) is 8.32 Å². The fourth-order valence-electron chi connectivity index (χ4n) is 3.12. The lowest BCUT2D eigenvalue weighted by atomic mass is 9.89. The molecule has 0 atom stereocenters. The topological polar surface area (TPSA) is 101 Å². The summed E-state index contributed by atoms with van der Waals surface area (Å²) >= 11 is 0. The second kappa shape index (κ2) is 7.38. The number of hydrogen-bond acceptors (Lipinski definition) is 7. The maximum absolute atomic E-state index is 6.47. The van der Waals surface area contributed by atoms with Gasteiger partial charge in [-0.1, -0.05) is 20.8 Å². The number of H-pyrrole nitrogens is 1. The van der Waals surface area contributed by atoms with E-state index in [0.29, 0.717) is 23.8 Å². The van der Waals surface area contributed by atoms with Crippen molar-refractivity contribution >= 4 is 36.7 Å². The molecule has 8 nitrogen and oxygen atoms in total. The fourth-order valence-corrected chi connectivity index (χ4v) is 4.50. The number of nitrogens with one attached hydrogen (secondary N) is 3. The van der Waals surface area contributed by atoms with Gasteiger partial charge in [-0.05, 0) is 31.0 Å². The summed E-state index contributed by atoms with van der Waals surface area (Å²) in [6, 6.07) is 4.19. The zero-order chi connectivity index (χ0) is 20.6. The predicted molar refractivity (Wildman–Crippen MR) is 118 cm³/mol. The number of pyridine rings is 1. The molecule has 3 aromatic rings. The summed E-state index contributed by atoms with van der Waals surface area (Å²) in [7, 11) is -1.70. The van der Waals surface area contributed by atoms with Gasteiger partial charge in [-0.15, -0.1) is 0 Å². The highest BCUT2D eigenvalue weighted by atomic mass is 28.4. The lowest BCUT2D eigenvalue weighted by Gasteiger charge is -2.45. The van der Waals surface area contributed by atoms with Crippen LogP contribution < -0.4 is 10.6 Å². The SMILES string of the molecule is CC(C)(C)[Si](C)(C)OC1CC(Nc2cc(Nc3cc4[nH]ncc4cn3)ncn2)C1. The molecule has 29 heavy (non-hydrogen) atoms. The Morgan fingerprint density at radius 1 is 1.03 bits per heavy atom. The van der Waals surface area contributed by atoms with Gasteiger partial charge in [0.2, 0.25) is 0 Å². The number of rotatable bonds is 6. The number of anilines is 3. The number of nitrogens with zero attached hydrogens (tertiary/aromatic N) is 4. The van der Waals surface area contributed by atoms with Crippen LogP contribution in [0.5, 0.6) is 0 Å². The first-order chi connectivity index (χ1) is 13.7. The molecule has 0 unspecified atom stereocenters. The van der Waals surface area contributed by atoms with Crippen molar-refractivity contribution in [3.05, 3.63) is 30.9 Å². The molecule has 3 heterocycles. The first-order valence-electron chi connectivity index (χ1n) is 10.0. The summed E-state index contributed by atoms with van der Waals surface area (Å²) in [6.07, 6.45) is 7.45. The van der Waals surface area contributed by atoms with Crippen LogP contribution in [0.15, 0.2) is 30.9 Å². The van der Waals surface area contributed by atoms with Gasteiger partial charge in [-0.25, -0.2) is 15.0 Å². The van der Waals surface area contributed by atoms with Gasteiger partial charge in [-0.3, -0.25) is 5.10 Å². The predicted octanol–water partition coefficient (Wildman–Crippen LogP) is 4.46. The van der Waals surface area contributed by atoms with Crippen LogP contribution in [0.25, 0.3) is 10.9 Å². The van der Waals surface area contributed by atoms with Gasteiger partial charge in [0.05, 0.1) is 11.7 Å². The highest BCUT2D eigenvalue weighted by Crippen LogP contribution is 2.40. The first kappa shape index (κ1) is 19.8. The van der Waals surface area contributed by atoms with E-state index in [1.165, 1.54) is 0 Å². The van der Waals surface area contributed by atoms with Crippen molar-refractivity contribution in [3.63, 3.8) is 0 Å². The summed E-state index contributed by atoms with van der Waals surface area (Å²) in [5.74, 6) is 2.21. The van der Waals surface area contributed by atoms with Crippen LogP contribution in [-0.4, -0.2) is 45.6 Å². The average molecular weight is 412 g/mol. The summed E-state index contributed by atoms with van der Waals surface area (Å²) in [5.41, 5.74) is 0.928. The molecule has 1 saturated carbocycles. The Balaban J connectivity index is 1.33. The third kappa shape index (κ3) is 4.40. The minimum atomic E-state index is -1.70. The maximum atomic E-state index is 6.47. The van der Waals surface area contributed by atoms with Crippen LogP contribution >= 0.6 is 0 Å². The smallest absolute Gasteiger partial charge is 0.192 e. The van der Waals surface area contributed by atoms with Crippen molar-refractivity contribution in [2.24, 2.45) is 0 Å². The van der Waals surface area contributed by atoms with Gasteiger partial charge in [0.25, 0.3) is 0 Å². The van der Waals surface area contributed by atoms with Crippen LogP contribution in [0.3, 0.4) is 0 Å². The molecule has 1 aliphatic rings. The number of hydrogen-bond donors (Lipinski definition) is 3. The van der Waals surface area contributed by atoms with E-state index in [9.17, 15) is 0 Å². The lowest BCUT2D eigenvalue weighted by Crippen LogP contribution is -2.50. The van der Waals surface area contributed by atoms with Crippen LogP contribution in [0.2, 0.25) is 18.1 Å². The van der Waals surface area contributed by atoms with E-state index in [2.05, 4.69) is 69.6 Å². The standard InChI is InChI=1S/C20H29N7OSi/c1-20(2,3)29(4,5)28-15-6-14(7-15)25-18-9-19(23-12-22-18)26-17-8-16-13(10-21-17)11-24-27-16/h8-12,14-15H,6-7H2,1-5H3,(H,24,27)(H2,21,22,23,25,26). The Morgan fingerprint density at radius 3 is 2.52 bits per heavy atom. The van der Waals surface area contributed by atoms with Crippen molar-refractivity contribution in [2.75, 3.05) is 10.6 Å². The van der Waals surface area contributed by atoms with Crippen LogP contribution in [-0.2, 0) is 4.43 Å². The Kier molecular flexibility index (Phi) is 5.03. The quantitative estimate of drug-likeness (QED) is 0.515. The molecule has 4 rings (SSSR count). The van der Waals surface area contributed by atoms with E-state index in [4.69, 9.17) is 4.43 Å². The van der Waals surface area contributed by atoms with E-state index in [1.807, 2.05) is 12.1 Å². The maximum Gasteiger partial charge on any atom is 0.192 e. The van der Waals surface area contributed by atoms with E-state index in [-0.39, 0.29) is 5.04 Å². The number of aromatic nitrogens is 5. The molecule has 3 aromatic heterocycles. The largest absolute Gasteiger partial charge is 0.414 e. The lowest BCUT2D eigenvalue weighted by molar-refractivity contribution is 0.0928. The molecule has 1 fully saturated rings. The Morgan fingerprint density at radius 2 is 1.76 bits per heavy atom. The van der Waals surface area contributed by atoms with Gasteiger partial charge >= 0.3 is 0 Å². The third-order valence-corrected chi connectivity index (χ3v) is 10.5. The van der Waals surface area contributed by atoms with E-state index in [1.54, 1.807) is 18.7 Å². The Labute approximate surface area is 172 Å². The summed E-state index contributed by atoms with van der Waals surface area (Å²) < 4.78 is 6.47. The highest BCUT2D eigenvalue weighted by Gasteiger charge is 2.42. The number of fused-ring (bicyclic) bond motifs is 1. The zero-order valence-electron chi connectivity index (χ0n) is 17.7. The molecule has 1 aliphatic carbocycles. The van der Waals surface area contributed by atoms with E-state index >= 15 is 0 Å². The average Bonchev–Trinajstić information content (AvgIpc) is 3.07. The Bertz CT molecular complexity index is 992. The zero-order valence-corrected chi connectivity index (χ0v) is 18.7. The van der Waals surface area contributed by atoms with Crippen LogP contribution in [0.4, 0.5) is 17.5 Å². The molecular formula is C20H29N7OSi. The molecule has 0 radical (unpaired) electrons. The van der Waals surface area contributed by atoms with Crippen molar-refractivity contribution in [3.8, 4) is 0 Å². The second-order valence-corrected chi connectivity index (χ2v) is 14.0. The molecule has 0 aliphatic heterocycles. The normalized spacial score (nSPS) is 19.8. The number of aromatic amines is 1. The van der Waals surface area contributed by atoms with Gasteiger partial charge in [0, 0.05) is 35.9 Å². The van der Waals surface area contributed by atoms with Crippen LogP contribution in [0.1, 0.15) is 33.6 Å². The third-order valence-electron chi connectivity index (χ3n) is 5.96. The molecule has 9 heteroatoms. The van der Waals surface area contributed by atoms with Crippen LogP contribution in [0, 0.1) is 0 Å². The van der Waals surface area contributed by atoms with Gasteiger partial charge in [0.1, 0.15) is 23.8 Å². The fraction of sp³-hybridized carbons (Fsp3) is 0.500. The van der Waals surface area contributed by atoms with Crippen molar-refractivity contribution in [1.29, 1.82) is 0 Å². The molecule has 0 amide bonds.